The number of nitrogens with one attached hydrogen (secondary N) is 2. The van der Waals surface area contributed by atoms with Crippen LogP contribution in [0.15, 0.2) is 52.3 Å². The Kier molecular flexibility index (Phi) is 6.10. The summed E-state index contributed by atoms with van der Waals surface area (Å²) >= 11 is 1.15. The molecule has 2 aliphatic rings. The molecule has 1 atom stereocenters. The van der Waals surface area contributed by atoms with Gasteiger partial charge in [0.25, 0.3) is 10.0 Å². The van der Waals surface area contributed by atoms with Crippen molar-refractivity contribution in [2.45, 2.75) is 34.8 Å². The molecule has 2 heterocycles. The number of amides is 2. The summed E-state index contributed by atoms with van der Waals surface area (Å²) in [6.45, 7) is 3.55. The van der Waals surface area contributed by atoms with E-state index >= 15 is 0 Å². The van der Waals surface area contributed by atoms with Crippen molar-refractivity contribution in [2.75, 3.05) is 29.7 Å². The number of benzene rings is 2. The largest absolute Gasteiger partial charge is 0.492 e. The van der Waals surface area contributed by atoms with Gasteiger partial charge in [-0.2, -0.15) is 0 Å². The maximum Gasteiger partial charge on any atom is 0.262 e. The Morgan fingerprint density at radius 3 is 2.71 bits per heavy atom. The van der Waals surface area contributed by atoms with E-state index in [1.165, 1.54) is 12.1 Å². The van der Waals surface area contributed by atoms with Crippen molar-refractivity contribution in [1.82, 2.24) is 4.90 Å². The summed E-state index contributed by atoms with van der Waals surface area (Å²) in [5, 5.41) is 1.84. The minimum absolute atomic E-state index is 0.00257. The number of carbonyl (C=O) groups is 2. The van der Waals surface area contributed by atoms with Gasteiger partial charge in [-0.1, -0.05) is 12.1 Å². The number of sulfonamides is 1. The molecule has 10 heteroatoms. The van der Waals surface area contributed by atoms with Crippen LogP contribution in [0.4, 0.5) is 11.4 Å². The topological polar surface area (TPSA) is 105 Å². The quantitative estimate of drug-likeness (QED) is 0.641. The predicted molar refractivity (Wildman–Crippen MR) is 119 cm³/mol. The van der Waals surface area contributed by atoms with Crippen LogP contribution in [-0.4, -0.2) is 50.1 Å². The zero-order valence-electron chi connectivity index (χ0n) is 17.0. The van der Waals surface area contributed by atoms with E-state index in [1.54, 1.807) is 35.2 Å². The average molecular weight is 462 g/mol. The average Bonchev–Trinajstić information content (AvgIpc) is 3.29. The van der Waals surface area contributed by atoms with Gasteiger partial charge in [-0.3, -0.25) is 14.3 Å². The van der Waals surface area contributed by atoms with Crippen LogP contribution >= 0.6 is 11.8 Å². The molecule has 1 fully saturated rings. The highest BCUT2D eigenvalue weighted by Crippen LogP contribution is 2.38. The number of carbonyl (C=O) groups excluding carboxylic acids is 2. The van der Waals surface area contributed by atoms with E-state index in [4.69, 9.17) is 4.74 Å². The predicted octanol–water partition coefficient (Wildman–Crippen LogP) is 2.92. The second-order valence-electron chi connectivity index (χ2n) is 7.21. The summed E-state index contributed by atoms with van der Waals surface area (Å²) in [5.74, 6) is -0.200. The van der Waals surface area contributed by atoms with Crippen LogP contribution in [0, 0.1) is 0 Å². The smallest absolute Gasteiger partial charge is 0.262 e. The van der Waals surface area contributed by atoms with Crippen molar-refractivity contribution in [3.63, 3.8) is 0 Å². The lowest BCUT2D eigenvalue weighted by Gasteiger charge is -2.27. The van der Waals surface area contributed by atoms with E-state index < -0.39 is 21.2 Å². The highest BCUT2D eigenvalue weighted by molar-refractivity contribution is 8.01. The van der Waals surface area contributed by atoms with Crippen LogP contribution < -0.4 is 14.8 Å². The summed E-state index contributed by atoms with van der Waals surface area (Å²) in [6.07, 6.45) is 1.89. The van der Waals surface area contributed by atoms with Crippen molar-refractivity contribution in [3.05, 3.63) is 42.5 Å². The molecule has 2 aliphatic heterocycles. The van der Waals surface area contributed by atoms with Crippen molar-refractivity contribution in [3.8, 4) is 5.75 Å². The molecule has 2 N–H and O–H groups in total. The molecular weight excluding hydrogens is 438 g/mol. The van der Waals surface area contributed by atoms with Crippen molar-refractivity contribution >= 4 is 45.0 Å². The van der Waals surface area contributed by atoms with Gasteiger partial charge in [-0.05, 0) is 50.1 Å². The Morgan fingerprint density at radius 1 is 1.23 bits per heavy atom. The van der Waals surface area contributed by atoms with Gasteiger partial charge in [0, 0.05) is 18.0 Å². The van der Waals surface area contributed by atoms with Crippen LogP contribution in [0.25, 0.3) is 0 Å². The standard InChI is InChI=1S/C21H23N3O5S2/c1-2-29-17-8-4-3-7-15(17)23-31(27,28)14-9-10-18-16(13-14)22-20(25)19(30-18)21(26)24-11-5-6-12-24/h3-4,7-10,13,19,23H,2,5-6,11-12H2,1H3,(H,22,25)/t19-/m0/s1. The molecule has 8 nitrogen and oxygen atoms in total. The van der Waals surface area contributed by atoms with E-state index in [1.807, 2.05) is 6.92 Å². The molecule has 0 spiro atoms. The van der Waals surface area contributed by atoms with Gasteiger partial charge in [0.05, 0.1) is 22.9 Å². The summed E-state index contributed by atoms with van der Waals surface area (Å²) in [5.41, 5.74) is 0.707. The lowest BCUT2D eigenvalue weighted by atomic mass is 10.2. The first-order chi connectivity index (χ1) is 14.9. The van der Waals surface area contributed by atoms with Gasteiger partial charge < -0.3 is 15.0 Å². The van der Waals surface area contributed by atoms with Crippen molar-refractivity contribution in [2.24, 2.45) is 0 Å². The molecule has 1 saturated heterocycles. The Morgan fingerprint density at radius 2 is 1.97 bits per heavy atom. The first kappa shape index (κ1) is 21.5. The highest BCUT2D eigenvalue weighted by atomic mass is 32.2. The fourth-order valence-corrected chi connectivity index (χ4v) is 5.71. The Bertz CT molecular complexity index is 1110. The molecule has 0 bridgehead atoms. The van der Waals surface area contributed by atoms with Gasteiger partial charge >= 0.3 is 0 Å². The van der Waals surface area contributed by atoms with Crippen LogP contribution in [0.5, 0.6) is 5.75 Å². The molecule has 2 aromatic carbocycles. The summed E-state index contributed by atoms with van der Waals surface area (Å²) in [4.78, 5) is 27.6. The van der Waals surface area contributed by atoms with Gasteiger partial charge in [-0.15, -0.1) is 11.8 Å². The van der Waals surface area contributed by atoms with E-state index in [9.17, 15) is 18.0 Å². The maximum atomic E-state index is 12.9. The van der Waals surface area contributed by atoms with Crippen LogP contribution in [0.1, 0.15) is 19.8 Å². The lowest BCUT2D eigenvalue weighted by molar-refractivity contribution is -0.133. The zero-order chi connectivity index (χ0) is 22.0. The van der Waals surface area contributed by atoms with Crippen molar-refractivity contribution < 1.29 is 22.7 Å². The van der Waals surface area contributed by atoms with E-state index in [2.05, 4.69) is 10.0 Å². The molecule has 31 heavy (non-hydrogen) atoms. The third kappa shape index (κ3) is 4.49. The minimum atomic E-state index is -3.91. The third-order valence-electron chi connectivity index (χ3n) is 5.08. The zero-order valence-corrected chi connectivity index (χ0v) is 18.6. The molecule has 4 rings (SSSR count). The van der Waals surface area contributed by atoms with Gasteiger partial charge in [-0.25, -0.2) is 8.42 Å². The number of rotatable bonds is 6. The fourth-order valence-electron chi connectivity index (χ4n) is 3.56. The van der Waals surface area contributed by atoms with Crippen molar-refractivity contribution in [1.29, 1.82) is 0 Å². The number of hydrogen-bond acceptors (Lipinski definition) is 6. The number of fused-ring (bicyclic) bond motifs is 1. The minimum Gasteiger partial charge on any atom is -0.492 e. The second kappa shape index (κ2) is 8.80. The molecule has 0 radical (unpaired) electrons. The molecular formula is C21H23N3O5S2. The third-order valence-corrected chi connectivity index (χ3v) is 7.70. The van der Waals surface area contributed by atoms with Gasteiger partial charge in [0.2, 0.25) is 11.8 Å². The van der Waals surface area contributed by atoms with Crippen LogP contribution in [0.2, 0.25) is 0 Å². The fraction of sp³-hybridized carbons (Fsp3) is 0.333. The number of hydrogen-bond donors (Lipinski definition) is 2. The number of likely N-dealkylation sites (tertiary alicyclic amines) is 1. The molecule has 0 aromatic heterocycles. The highest BCUT2D eigenvalue weighted by Gasteiger charge is 2.37. The molecule has 0 unspecified atom stereocenters. The number of anilines is 2. The SMILES string of the molecule is CCOc1ccccc1NS(=O)(=O)c1ccc2c(c1)NC(=O)[C@@H](C(=O)N1CCCC1)S2. The monoisotopic (exact) mass is 461 g/mol. The van der Waals surface area contributed by atoms with E-state index in [0.29, 0.717) is 41.7 Å². The Labute approximate surface area is 185 Å². The molecule has 164 valence electrons. The maximum absolute atomic E-state index is 12.9. The summed E-state index contributed by atoms with van der Waals surface area (Å²) in [6, 6.07) is 11.3. The Hall–Kier alpha value is -2.72. The number of nitrogens with zero attached hydrogens (tertiary/aromatic N) is 1. The van der Waals surface area contributed by atoms with Crippen LogP contribution in [0.3, 0.4) is 0 Å². The van der Waals surface area contributed by atoms with Crippen LogP contribution in [-0.2, 0) is 19.6 Å². The number of para-hydroxylation sites is 2. The molecule has 2 aromatic rings. The molecule has 0 aliphatic carbocycles. The van der Waals surface area contributed by atoms with E-state index in [0.717, 1.165) is 24.6 Å². The number of thioether (sulfide) groups is 1. The van der Waals surface area contributed by atoms with Gasteiger partial charge in [0.15, 0.2) is 5.25 Å². The summed E-state index contributed by atoms with van der Waals surface area (Å²) < 4.78 is 33.9. The lowest BCUT2D eigenvalue weighted by Crippen LogP contribution is -2.43. The normalized spacial score (nSPS) is 18.3. The van der Waals surface area contributed by atoms with E-state index in [-0.39, 0.29) is 10.8 Å². The first-order valence-corrected chi connectivity index (χ1v) is 12.4. The summed E-state index contributed by atoms with van der Waals surface area (Å²) in [7, 11) is -3.91. The van der Waals surface area contributed by atoms with Gasteiger partial charge in [0.1, 0.15) is 5.75 Å². The first-order valence-electron chi connectivity index (χ1n) is 10.0. The Balaban J connectivity index is 1.55. The number of ether oxygens (including phenoxy) is 1. The molecule has 0 saturated carbocycles. The molecule has 2 amide bonds. The second-order valence-corrected chi connectivity index (χ2v) is 10.0.